The molecule has 6 heteroatoms. The molecular formula is C14H27N3O2S. The van der Waals surface area contributed by atoms with Crippen LogP contribution in [0.25, 0.3) is 0 Å². The first-order valence-corrected chi connectivity index (χ1v) is 8.49. The molecule has 0 atom stereocenters. The van der Waals surface area contributed by atoms with Gasteiger partial charge in [0.05, 0.1) is 4.90 Å². The normalized spacial score (nSPS) is 12.8. The second-order valence-electron chi connectivity index (χ2n) is 6.27. The molecule has 1 rings (SSSR count). The molecule has 0 aliphatic carbocycles. The molecule has 116 valence electrons. The highest BCUT2D eigenvalue weighted by atomic mass is 32.2. The second kappa shape index (κ2) is 6.74. The van der Waals surface area contributed by atoms with Gasteiger partial charge in [0.25, 0.3) is 0 Å². The van der Waals surface area contributed by atoms with E-state index in [0.717, 1.165) is 18.7 Å². The minimum atomic E-state index is -3.41. The fourth-order valence-corrected chi connectivity index (χ4v) is 2.92. The van der Waals surface area contributed by atoms with Gasteiger partial charge in [0.15, 0.2) is 0 Å². The van der Waals surface area contributed by atoms with Gasteiger partial charge in [-0.2, -0.15) is 0 Å². The standard InChI is InChI=1S/C14H27N3O2S/c1-6-15-10-12-9-13(11-17(12)5)20(18,19)16-8-7-14(2,3)4/h9,11,15-16H,6-8,10H2,1-5H3. The predicted octanol–water partition coefficient (Wildman–Crippen LogP) is 1.85. The first-order chi connectivity index (χ1) is 9.15. The number of sulfonamides is 1. The fourth-order valence-electron chi connectivity index (χ4n) is 1.80. The van der Waals surface area contributed by atoms with Crippen molar-refractivity contribution in [3.63, 3.8) is 0 Å². The average molecular weight is 301 g/mol. The molecule has 0 aliphatic rings. The summed E-state index contributed by atoms with van der Waals surface area (Å²) in [6, 6.07) is 1.72. The summed E-state index contributed by atoms with van der Waals surface area (Å²) in [6.45, 7) is 10.3. The van der Waals surface area contributed by atoms with Crippen molar-refractivity contribution in [2.45, 2.75) is 45.6 Å². The summed E-state index contributed by atoms with van der Waals surface area (Å²) in [5.74, 6) is 0. The van der Waals surface area contributed by atoms with Crippen LogP contribution in [0.1, 0.15) is 39.8 Å². The Labute approximate surface area is 122 Å². The number of nitrogens with zero attached hydrogens (tertiary/aromatic N) is 1. The van der Waals surface area contributed by atoms with E-state index in [1.807, 2.05) is 18.5 Å². The van der Waals surface area contributed by atoms with Crippen LogP contribution in [0.4, 0.5) is 0 Å². The number of hydrogen-bond acceptors (Lipinski definition) is 3. The lowest BCUT2D eigenvalue weighted by Crippen LogP contribution is -2.27. The first-order valence-electron chi connectivity index (χ1n) is 7.01. The summed E-state index contributed by atoms with van der Waals surface area (Å²) in [4.78, 5) is 0.335. The first kappa shape index (κ1) is 17.2. The Morgan fingerprint density at radius 1 is 1.30 bits per heavy atom. The fraction of sp³-hybridized carbons (Fsp3) is 0.714. The number of hydrogen-bond donors (Lipinski definition) is 2. The van der Waals surface area contributed by atoms with Gasteiger partial charge in [0, 0.05) is 32.0 Å². The van der Waals surface area contributed by atoms with Gasteiger partial charge in [-0.25, -0.2) is 13.1 Å². The SMILES string of the molecule is CCNCc1cc(S(=O)(=O)NCCC(C)(C)C)cn1C. The Balaban J connectivity index is 2.72. The lowest BCUT2D eigenvalue weighted by atomic mass is 9.93. The van der Waals surface area contributed by atoms with Crippen molar-refractivity contribution in [2.24, 2.45) is 12.5 Å². The molecular weight excluding hydrogens is 274 g/mol. The smallest absolute Gasteiger partial charge is 0.242 e. The van der Waals surface area contributed by atoms with Crippen LogP contribution in [-0.2, 0) is 23.6 Å². The monoisotopic (exact) mass is 301 g/mol. The van der Waals surface area contributed by atoms with Crippen LogP contribution in [0.15, 0.2) is 17.2 Å². The predicted molar refractivity (Wildman–Crippen MR) is 82.1 cm³/mol. The number of nitrogens with one attached hydrogen (secondary N) is 2. The highest BCUT2D eigenvalue weighted by Crippen LogP contribution is 2.18. The van der Waals surface area contributed by atoms with Crippen molar-refractivity contribution >= 4 is 10.0 Å². The molecule has 5 nitrogen and oxygen atoms in total. The highest BCUT2D eigenvalue weighted by molar-refractivity contribution is 7.89. The summed E-state index contributed by atoms with van der Waals surface area (Å²) < 4.78 is 28.9. The summed E-state index contributed by atoms with van der Waals surface area (Å²) in [6.07, 6.45) is 2.47. The lowest BCUT2D eigenvalue weighted by molar-refractivity contribution is 0.378. The minimum Gasteiger partial charge on any atom is -0.352 e. The molecule has 0 amide bonds. The molecule has 0 aliphatic heterocycles. The van der Waals surface area contributed by atoms with E-state index in [-0.39, 0.29) is 5.41 Å². The van der Waals surface area contributed by atoms with E-state index in [0.29, 0.717) is 18.0 Å². The molecule has 1 heterocycles. The van der Waals surface area contributed by atoms with Crippen molar-refractivity contribution in [1.29, 1.82) is 0 Å². The third-order valence-electron chi connectivity index (χ3n) is 3.12. The Morgan fingerprint density at radius 3 is 2.50 bits per heavy atom. The molecule has 0 saturated heterocycles. The maximum absolute atomic E-state index is 12.2. The largest absolute Gasteiger partial charge is 0.352 e. The Hall–Kier alpha value is -0.850. The topological polar surface area (TPSA) is 63.1 Å². The summed E-state index contributed by atoms with van der Waals surface area (Å²) in [7, 11) is -1.55. The van der Waals surface area contributed by atoms with Gasteiger partial charge >= 0.3 is 0 Å². The maximum Gasteiger partial charge on any atom is 0.242 e. The Kier molecular flexibility index (Phi) is 5.79. The van der Waals surface area contributed by atoms with E-state index in [4.69, 9.17) is 0 Å². The molecule has 0 spiro atoms. The van der Waals surface area contributed by atoms with Crippen molar-refractivity contribution in [2.75, 3.05) is 13.1 Å². The maximum atomic E-state index is 12.2. The van der Waals surface area contributed by atoms with Gasteiger partial charge < -0.3 is 9.88 Å². The van der Waals surface area contributed by atoms with Gasteiger partial charge in [-0.15, -0.1) is 0 Å². The Morgan fingerprint density at radius 2 is 1.95 bits per heavy atom. The van der Waals surface area contributed by atoms with Gasteiger partial charge in [-0.1, -0.05) is 27.7 Å². The van der Waals surface area contributed by atoms with Crippen LogP contribution >= 0.6 is 0 Å². The zero-order valence-electron chi connectivity index (χ0n) is 13.2. The zero-order valence-corrected chi connectivity index (χ0v) is 14.0. The van der Waals surface area contributed by atoms with Crippen LogP contribution in [0.3, 0.4) is 0 Å². The molecule has 20 heavy (non-hydrogen) atoms. The molecule has 1 aromatic heterocycles. The van der Waals surface area contributed by atoms with E-state index in [2.05, 4.69) is 30.8 Å². The highest BCUT2D eigenvalue weighted by Gasteiger charge is 2.18. The van der Waals surface area contributed by atoms with Crippen LogP contribution in [-0.4, -0.2) is 26.1 Å². The molecule has 1 aromatic rings. The number of rotatable bonds is 7. The van der Waals surface area contributed by atoms with Gasteiger partial charge in [-0.3, -0.25) is 0 Å². The molecule has 0 fully saturated rings. The van der Waals surface area contributed by atoms with E-state index < -0.39 is 10.0 Å². The van der Waals surface area contributed by atoms with Crippen LogP contribution in [0, 0.1) is 5.41 Å². The molecule has 0 saturated carbocycles. The summed E-state index contributed by atoms with van der Waals surface area (Å²) in [5, 5.41) is 3.20. The van der Waals surface area contributed by atoms with E-state index in [9.17, 15) is 8.42 Å². The lowest BCUT2D eigenvalue weighted by Gasteiger charge is -2.17. The van der Waals surface area contributed by atoms with Crippen LogP contribution in [0.5, 0.6) is 0 Å². The van der Waals surface area contributed by atoms with Gasteiger partial charge in [0.2, 0.25) is 10.0 Å². The van der Waals surface area contributed by atoms with Gasteiger partial charge in [-0.05, 0) is 24.4 Å². The summed E-state index contributed by atoms with van der Waals surface area (Å²) in [5.41, 5.74) is 1.08. The number of aromatic nitrogens is 1. The van der Waals surface area contributed by atoms with Crippen LogP contribution < -0.4 is 10.0 Å². The third-order valence-corrected chi connectivity index (χ3v) is 4.54. The molecule has 2 N–H and O–H groups in total. The van der Waals surface area contributed by atoms with Crippen molar-refractivity contribution in [1.82, 2.24) is 14.6 Å². The average Bonchev–Trinajstić information content (AvgIpc) is 2.67. The van der Waals surface area contributed by atoms with E-state index in [1.54, 1.807) is 12.3 Å². The molecule has 0 bridgehead atoms. The Bertz CT molecular complexity index is 527. The summed E-state index contributed by atoms with van der Waals surface area (Å²) >= 11 is 0. The van der Waals surface area contributed by atoms with Crippen molar-refractivity contribution < 1.29 is 8.42 Å². The molecule has 0 aromatic carbocycles. The van der Waals surface area contributed by atoms with E-state index in [1.165, 1.54) is 0 Å². The van der Waals surface area contributed by atoms with Crippen LogP contribution in [0.2, 0.25) is 0 Å². The zero-order chi connectivity index (χ0) is 15.4. The minimum absolute atomic E-state index is 0.120. The van der Waals surface area contributed by atoms with Crippen molar-refractivity contribution in [3.05, 3.63) is 18.0 Å². The second-order valence-corrected chi connectivity index (χ2v) is 8.03. The van der Waals surface area contributed by atoms with E-state index >= 15 is 0 Å². The molecule has 0 unspecified atom stereocenters. The quantitative estimate of drug-likeness (QED) is 0.808. The molecule has 0 radical (unpaired) electrons. The third kappa shape index (κ3) is 5.26. The number of aryl methyl sites for hydroxylation is 1. The van der Waals surface area contributed by atoms with Gasteiger partial charge in [0.1, 0.15) is 0 Å². The van der Waals surface area contributed by atoms with Crippen molar-refractivity contribution in [3.8, 4) is 0 Å².